The largest absolute Gasteiger partial charge is 0.304 e. The number of rotatable bonds is 5. The molecule has 1 saturated heterocycles. The van der Waals surface area contributed by atoms with Crippen molar-refractivity contribution in [3.63, 3.8) is 0 Å². The molecule has 0 spiro atoms. The molecule has 0 bridgehead atoms. The molecule has 0 amide bonds. The molecule has 2 aliphatic rings. The first-order valence-corrected chi connectivity index (χ1v) is 8.81. The molecule has 2 nitrogen and oxygen atoms in total. The average Bonchev–Trinajstić information content (AvgIpc) is 3.03. The van der Waals surface area contributed by atoms with Crippen LogP contribution in [0.25, 0.3) is 0 Å². The average molecular weight is 290 g/mol. The van der Waals surface area contributed by atoms with Crippen molar-refractivity contribution in [3.8, 4) is 0 Å². The minimum Gasteiger partial charge on any atom is -0.304 e. The van der Waals surface area contributed by atoms with Crippen LogP contribution >= 0.6 is 11.8 Å². The molecule has 0 N–H and O–H groups in total. The highest BCUT2D eigenvalue weighted by molar-refractivity contribution is 8.00. The molecule has 110 valence electrons. The fraction of sp³-hybridized carbons (Fsp3) is 0.647. The van der Waals surface area contributed by atoms with Crippen LogP contribution in [0.3, 0.4) is 0 Å². The zero-order chi connectivity index (χ0) is 13.9. The van der Waals surface area contributed by atoms with Crippen LogP contribution in [0, 0.1) is 0 Å². The Hall–Kier alpha value is -0.510. The third-order valence-electron chi connectivity index (χ3n) is 4.66. The van der Waals surface area contributed by atoms with Gasteiger partial charge in [0.25, 0.3) is 0 Å². The monoisotopic (exact) mass is 290 g/mol. The lowest BCUT2D eigenvalue weighted by Gasteiger charge is -2.29. The first-order chi connectivity index (χ1) is 9.76. The highest BCUT2D eigenvalue weighted by Crippen LogP contribution is 2.37. The van der Waals surface area contributed by atoms with Crippen molar-refractivity contribution in [2.75, 3.05) is 33.2 Å². The van der Waals surface area contributed by atoms with Gasteiger partial charge in [-0.1, -0.05) is 25.1 Å². The molecular weight excluding hydrogens is 264 g/mol. The molecule has 2 unspecified atom stereocenters. The van der Waals surface area contributed by atoms with Crippen LogP contribution in [0.4, 0.5) is 0 Å². The molecule has 2 heterocycles. The highest BCUT2D eigenvalue weighted by atomic mass is 32.2. The van der Waals surface area contributed by atoms with Crippen LogP contribution in [-0.4, -0.2) is 54.3 Å². The number of thioether (sulfide) groups is 1. The summed E-state index contributed by atoms with van der Waals surface area (Å²) in [5, 5.41) is 0.744. The predicted molar refractivity (Wildman–Crippen MR) is 87.6 cm³/mol. The van der Waals surface area contributed by atoms with Crippen LogP contribution in [-0.2, 0) is 6.42 Å². The van der Waals surface area contributed by atoms with Crippen molar-refractivity contribution in [2.24, 2.45) is 0 Å². The molecule has 3 rings (SSSR count). The maximum atomic E-state index is 2.65. The molecule has 0 aromatic heterocycles. The normalized spacial score (nSPS) is 26.4. The number of nitrogens with zero attached hydrogens (tertiary/aromatic N) is 2. The van der Waals surface area contributed by atoms with E-state index >= 15 is 0 Å². The number of hydrogen-bond donors (Lipinski definition) is 0. The lowest BCUT2D eigenvalue weighted by molar-refractivity contribution is 0.199. The van der Waals surface area contributed by atoms with Crippen molar-refractivity contribution < 1.29 is 0 Å². The van der Waals surface area contributed by atoms with Gasteiger partial charge >= 0.3 is 0 Å². The van der Waals surface area contributed by atoms with E-state index in [1.165, 1.54) is 50.3 Å². The summed E-state index contributed by atoms with van der Waals surface area (Å²) in [4.78, 5) is 6.71. The van der Waals surface area contributed by atoms with Gasteiger partial charge in [-0.25, -0.2) is 0 Å². The fourth-order valence-corrected chi connectivity index (χ4v) is 5.07. The first kappa shape index (κ1) is 14.4. The summed E-state index contributed by atoms with van der Waals surface area (Å²) >= 11 is 2.07. The van der Waals surface area contributed by atoms with Crippen molar-refractivity contribution in [3.05, 3.63) is 29.8 Å². The van der Waals surface area contributed by atoms with E-state index < -0.39 is 0 Å². The topological polar surface area (TPSA) is 6.48 Å². The Morgan fingerprint density at radius 1 is 1.30 bits per heavy atom. The van der Waals surface area contributed by atoms with Gasteiger partial charge in [-0.2, -0.15) is 0 Å². The lowest BCUT2D eigenvalue weighted by atomic mass is 10.1. The summed E-state index contributed by atoms with van der Waals surface area (Å²) in [7, 11) is 2.30. The van der Waals surface area contributed by atoms with Crippen LogP contribution in [0.15, 0.2) is 29.2 Å². The molecule has 2 atom stereocenters. The number of benzene rings is 1. The van der Waals surface area contributed by atoms with E-state index in [9.17, 15) is 0 Å². The van der Waals surface area contributed by atoms with Gasteiger partial charge in [-0.15, -0.1) is 11.8 Å². The highest BCUT2D eigenvalue weighted by Gasteiger charge is 2.27. The second kappa shape index (κ2) is 6.50. The van der Waals surface area contributed by atoms with Gasteiger partial charge in [0.15, 0.2) is 0 Å². The van der Waals surface area contributed by atoms with Crippen LogP contribution < -0.4 is 0 Å². The van der Waals surface area contributed by atoms with Crippen LogP contribution in [0.2, 0.25) is 0 Å². The van der Waals surface area contributed by atoms with E-state index in [1.54, 1.807) is 5.56 Å². The zero-order valence-corrected chi connectivity index (χ0v) is 13.5. The minimum atomic E-state index is 0.744. The second-order valence-electron chi connectivity index (χ2n) is 6.20. The van der Waals surface area contributed by atoms with E-state index in [-0.39, 0.29) is 0 Å². The summed E-state index contributed by atoms with van der Waals surface area (Å²) in [5.74, 6) is 0. The quantitative estimate of drug-likeness (QED) is 0.823. The Labute approximate surface area is 127 Å². The summed E-state index contributed by atoms with van der Waals surface area (Å²) < 4.78 is 0. The third kappa shape index (κ3) is 3.21. The van der Waals surface area contributed by atoms with Gasteiger partial charge < -0.3 is 4.90 Å². The Balaban J connectivity index is 1.49. The smallest absolute Gasteiger partial charge is 0.0263 e. The summed E-state index contributed by atoms with van der Waals surface area (Å²) in [6.07, 6.45) is 4.01. The molecule has 1 aromatic rings. The zero-order valence-electron chi connectivity index (χ0n) is 12.7. The Morgan fingerprint density at radius 3 is 2.95 bits per heavy atom. The van der Waals surface area contributed by atoms with Crippen molar-refractivity contribution in [1.29, 1.82) is 0 Å². The van der Waals surface area contributed by atoms with E-state index in [2.05, 4.69) is 59.8 Å². The summed E-state index contributed by atoms with van der Waals surface area (Å²) in [6, 6.07) is 9.69. The molecular formula is C17H26N2S. The summed E-state index contributed by atoms with van der Waals surface area (Å²) in [5.41, 5.74) is 1.55. The molecule has 2 aliphatic heterocycles. The molecule has 20 heavy (non-hydrogen) atoms. The van der Waals surface area contributed by atoms with Gasteiger partial charge in [-0.3, -0.25) is 4.90 Å². The molecule has 0 saturated carbocycles. The Kier molecular flexibility index (Phi) is 4.69. The molecule has 1 fully saturated rings. The van der Waals surface area contributed by atoms with Crippen molar-refractivity contribution >= 4 is 11.8 Å². The Bertz CT molecular complexity index is 423. The van der Waals surface area contributed by atoms with Gasteiger partial charge in [0, 0.05) is 29.3 Å². The lowest BCUT2D eigenvalue weighted by Crippen LogP contribution is -2.40. The maximum Gasteiger partial charge on any atom is 0.0263 e. The molecule has 0 aliphatic carbocycles. The maximum absolute atomic E-state index is 2.65. The van der Waals surface area contributed by atoms with Crippen molar-refractivity contribution in [2.45, 2.75) is 42.4 Å². The molecule has 0 radical (unpaired) electrons. The van der Waals surface area contributed by atoms with E-state index in [4.69, 9.17) is 0 Å². The Morgan fingerprint density at radius 2 is 2.15 bits per heavy atom. The first-order valence-electron chi connectivity index (χ1n) is 7.93. The van der Waals surface area contributed by atoms with Crippen LogP contribution in [0.1, 0.15) is 25.3 Å². The number of likely N-dealkylation sites (tertiary alicyclic amines) is 1. The van der Waals surface area contributed by atoms with Gasteiger partial charge in [0.1, 0.15) is 0 Å². The fourth-order valence-electron chi connectivity index (χ4n) is 3.66. The SMILES string of the molecule is CCN1CCCC1CN(C)CC1Cc2ccccc2S1. The van der Waals surface area contributed by atoms with Crippen LogP contribution in [0.5, 0.6) is 0 Å². The number of hydrogen-bond acceptors (Lipinski definition) is 3. The summed E-state index contributed by atoms with van der Waals surface area (Å²) in [6.45, 7) is 7.26. The molecule has 3 heteroatoms. The van der Waals surface area contributed by atoms with E-state index in [0.29, 0.717) is 0 Å². The number of likely N-dealkylation sites (N-methyl/N-ethyl adjacent to an activating group) is 2. The van der Waals surface area contributed by atoms with Gasteiger partial charge in [0.05, 0.1) is 0 Å². The van der Waals surface area contributed by atoms with E-state index in [1.807, 2.05) is 0 Å². The van der Waals surface area contributed by atoms with Gasteiger partial charge in [-0.05, 0) is 51.0 Å². The second-order valence-corrected chi connectivity index (χ2v) is 7.54. The standard InChI is InChI=1S/C17H26N2S/c1-3-19-10-6-8-15(19)12-18(2)13-16-11-14-7-4-5-9-17(14)20-16/h4-5,7,9,15-16H,3,6,8,10-13H2,1-2H3. The predicted octanol–water partition coefficient (Wildman–Crippen LogP) is 3.12. The minimum absolute atomic E-state index is 0.744. The van der Waals surface area contributed by atoms with Gasteiger partial charge in [0.2, 0.25) is 0 Å². The van der Waals surface area contributed by atoms with E-state index in [0.717, 1.165) is 11.3 Å². The third-order valence-corrected chi connectivity index (χ3v) is 5.96. The van der Waals surface area contributed by atoms with Crippen molar-refractivity contribution in [1.82, 2.24) is 9.80 Å². The molecule has 1 aromatic carbocycles. The number of fused-ring (bicyclic) bond motifs is 1.